The lowest BCUT2D eigenvalue weighted by Crippen LogP contribution is -2.38. The van der Waals surface area contributed by atoms with Gasteiger partial charge in [-0.05, 0) is 30.5 Å². The molecule has 2 N–H and O–H groups in total. The van der Waals surface area contributed by atoms with Crippen molar-refractivity contribution in [2.45, 2.75) is 32.9 Å². The topological polar surface area (TPSA) is 32.3 Å². The quantitative estimate of drug-likeness (QED) is 0.865. The summed E-state index contributed by atoms with van der Waals surface area (Å²) in [5.41, 5.74) is 1.05. The maximum absolute atomic E-state index is 9.30. The Morgan fingerprint density at radius 3 is 2.47 bits per heavy atom. The second-order valence-electron chi connectivity index (χ2n) is 4.59. The lowest BCUT2D eigenvalue weighted by Gasteiger charge is -2.25. The van der Waals surface area contributed by atoms with Crippen LogP contribution in [0.2, 0.25) is 5.02 Å². The Morgan fingerprint density at radius 1 is 1.35 bits per heavy atom. The molecule has 96 valence electrons. The third-order valence-corrected chi connectivity index (χ3v) is 3.72. The maximum atomic E-state index is 9.30. The van der Waals surface area contributed by atoms with Gasteiger partial charge in [0, 0.05) is 21.6 Å². The molecule has 1 aromatic rings. The van der Waals surface area contributed by atoms with Crippen LogP contribution in [0, 0.1) is 5.92 Å². The SMILES string of the molecule is CC(NC(CO)C(C)C)c1ccc(Br)cc1Cl. The summed E-state index contributed by atoms with van der Waals surface area (Å²) in [6.45, 7) is 6.36. The smallest absolute Gasteiger partial charge is 0.0587 e. The Kier molecular flexibility index (Phi) is 5.93. The molecule has 0 bridgehead atoms. The highest BCUT2D eigenvalue weighted by Gasteiger charge is 2.17. The standard InChI is InChI=1S/C13H19BrClNO/c1-8(2)13(7-17)16-9(3)11-5-4-10(14)6-12(11)15/h4-6,8-9,13,16-17H,7H2,1-3H3. The molecule has 0 aromatic heterocycles. The fourth-order valence-electron chi connectivity index (χ4n) is 1.72. The molecule has 2 nitrogen and oxygen atoms in total. The molecule has 2 unspecified atom stereocenters. The van der Waals surface area contributed by atoms with Crippen molar-refractivity contribution in [3.8, 4) is 0 Å². The van der Waals surface area contributed by atoms with Crippen LogP contribution in [0.1, 0.15) is 32.4 Å². The first-order valence-corrected chi connectivity index (χ1v) is 6.94. The van der Waals surface area contributed by atoms with E-state index < -0.39 is 0 Å². The summed E-state index contributed by atoms with van der Waals surface area (Å²) in [6.07, 6.45) is 0. The molecule has 1 rings (SSSR count). The largest absolute Gasteiger partial charge is 0.395 e. The minimum Gasteiger partial charge on any atom is -0.395 e. The fraction of sp³-hybridized carbons (Fsp3) is 0.538. The van der Waals surface area contributed by atoms with Crippen LogP contribution in [0.3, 0.4) is 0 Å². The predicted octanol–water partition coefficient (Wildman–Crippen LogP) is 3.77. The van der Waals surface area contributed by atoms with Crippen LogP contribution in [-0.4, -0.2) is 17.8 Å². The molecule has 0 spiro atoms. The number of halogens is 2. The van der Waals surface area contributed by atoms with Crippen molar-refractivity contribution in [2.24, 2.45) is 5.92 Å². The van der Waals surface area contributed by atoms with E-state index in [1.165, 1.54) is 0 Å². The monoisotopic (exact) mass is 319 g/mol. The number of aliphatic hydroxyl groups excluding tert-OH is 1. The van der Waals surface area contributed by atoms with Gasteiger partial charge in [-0.1, -0.05) is 47.4 Å². The number of nitrogens with one attached hydrogen (secondary N) is 1. The molecular formula is C13H19BrClNO. The zero-order chi connectivity index (χ0) is 13.0. The molecule has 0 radical (unpaired) electrons. The Balaban J connectivity index is 2.78. The Morgan fingerprint density at radius 2 is 2.00 bits per heavy atom. The summed E-state index contributed by atoms with van der Waals surface area (Å²) in [4.78, 5) is 0. The van der Waals surface area contributed by atoms with Crippen molar-refractivity contribution in [2.75, 3.05) is 6.61 Å². The Hall–Kier alpha value is -0.0900. The van der Waals surface area contributed by atoms with Gasteiger partial charge < -0.3 is 10.4 Å². The lowest BCUT2D eigenvalue weighted by atomic mass is 10.0. The van der Waals surface area contributed by atoms with E-state index in [2.05, 4.69) is 42.0 Å². The van der Waals surface area contributed by atoms with Gasteiger partial charge in [-0.3, -0.25) is 0 Å². The van der Waals surface area contributed by atoms with Crippen molar-refractivity contribution >= 4 is 27.5 Å². The van der Waals surface area contributed by atoms with Crippen LogP contribution < -0.4 is 5.32 Å². The number of rotatable bonds is 5. The molecule has 17 heavy (non-hydrogen) atoms. The first-order valence-electron chi connectivity index (χ1n) is 5.77. The van der Waals surface area contributed by atoms with Gasteiger partial charge >= 0.3 is 0 Å². The first-order chi connectivity index (χ1) is 7.95. The third-order valence-electron chi connectivity index (χ3n) is 2.89. The summed E-state index contributed by atoms with van der Waals surface area (Å²) in [7, 11) is 0. The van der Waals surface area contributed by atoms with Crippen LogP contribution >= 0.6 is 27.5 Å². The van der Waals surface area contributed by atoms with E-state index in [9.17, 15) is 5.11 Å². The van der Waals surface area contributed by atoms with E-state index in [4.69, 9.17) is 11.6 Å². The zero-order valence-electron chi connectivity index (χ0n) is 10.4. The zero-order valence-corrected chi connectivity index (χ0v) is 12.7. The van der Waals surface area contributed by atoms with Crippen molar-refractivity contribution in [1.29, 1.82) is 0 Å². The summed E-state index contributed by atoms with van der Waals surface area (Å²) < 4.78 is 0.973. The van der Waals surface area contributed by atoms with Crippen LogP contribution in [0.15, 0.2) is 22.7 Å². The van der Waals surface area contributed by atoms with E-state index in [1.807, 2.05) is 18.2 Å². The number of benzene rings is 1. The Bertz CT molecular complexity index is 370. The van der Waals surface area contributed by atoms with Gasteiger partial charge in [0.05, 0.1) is 6.61 Å². The second kappa shape index (κ2) is 6.74. The molecule has 0 saturated carbocycles. The lowest BCUT2D eigenvalue weighted by molar-refractivity contribution is 0.201. The predicted molar refractivity (Wildman–Crippen MR) is 76.4 cm³/mol. The highest BCUT2D eigenvalue weighted by Crippen LogP contribution is 2.26. The van der Waals surface area contributed by atoms with Crippen LogP contribution in [0.25, 0.3) is 0 Å². The van der Waals surface area contributed by atoms with Gasteiger partial charge in [-0.15, -0.1) is 0 Å². The highest BCUT2D eigenvalue weighted by atomic mass is 79.9. The second-order valence-corrected chi connectivity index (χ2v) is 5.91. The van der Waals surface area contributed by atoms with Crippen molar-refractivity contribution in [1.82, 2.24) is 5.32 Å². The van der Waals surface area contributed by atoms with Crippen molar-refractivity contribution in [3.63, 3.8) is 0 Å². The van der Waals surface area contributed by atoms with Crippen LogP contribution in [0.4, 0.5) is 0 Å². The van der Waals surface area contributed by atoms with E-state index in [1.54, 1.807) is 0 Å². The van der Waals surface area contributed by atoms with Crippen LogP contribution in [-0.2, 0) is 0 Å². The molecule has 0 amide bonds. The summed E-state index contributed by atoms with van der Waals surface area (Å²) in [6, 6.07) is 6.07. The summed E-state index contributed by atoms with van der Waals surface area (Å²) >= 11 is 9.59. The van der Waals surface area contributed by atoms with Crippen molar-refractivity contribution < 1.29 is 5.11 Å². The number of hydrogen-bond acceptors (Lipinski definition) is 2. The van der Waals surface area contributed by atoms with Gasteiger partial charge in [-0.25, -0.2) is 0 Å². The third kappa shape index (κ3) is 4.25. The average molecular weight is 321 g/mol. The van der Waals surface area contributed by atoms with Crippen molar-refractivity contribution in [3.05, 3.63) is 33.3 Å². The first kappa shape index (κ1) is 15.0. The minimum absolute atomic E-state index is 0.0877. The molecular weight excluding hydrogens is 302 g/mol. The summed E-state index contributed by atoms with van der Waals surface area (Å²) in [5, 5.41) is 13.4. The number of hydrogen-bond donors (Lipinski definition) is 2. The molecule has 4 heteroatoms. The molecule has 0 saturated heterocycles. The molecule has 0 fully saturated rings. The molecule has 2 atom stereocenters. The number of aliphatic hydroxyl groups is 1. The van der Waals surface area contributed by atoms with E-state index >= 15 is 0 Å². The molecule has 0 heterocycles. The van der Waals surface area contributed by atoms with Gasteiger partial charge in [-0.2, -0.15) is 0 Å². The molecule has 1 aromatic carbocycles. The Labute approximate surface area is 117 Å². The van der Waals surface area contributed by atoms with Gasteiger partial charge in [0.2, 0.25) is 0 Å². The average Bonchev–Trinajstić information content (AvgIpc) is 2.24. The molecule has 0 aliphatic rings. The van der Waals surface area contributed by atoms with E-state index in [-0.39, 0.29) is 18.7 Å². The minimum atomic E-state index is 0.0877. The van der Waals surface area contributed by atoms with Gasteiger partial charge in [0.15, 0.2) is 0 Å². The normalized spacial score (nSPS) is 15.0. The fourth-order valence-corrected chi connectivity index (χ4v) is 2.56. The van der Waals surface area contributed by atoms with Gasteiger partial charge in [0.25, 0.3) is 0 Å². The van der Waals surface area contributed by atoms with E-state index in [0.717, 1.165) is 15.1 Å². The van der Waals surface area contributed by atoms with Gasteiger partial charge in [0.1, 0.15) is 0 Å². The maximum Gasteiger partial charge on any atom is 0.0587 e. The molecule has 0 aliphatic heterocycles. The molecule has 0 aliphatic carbocycles. The van der Waals surface area contributed by atoms with Crippen LogP contribution in [0.5, 0.6) is 0 Å². The highest BCUT2D eigenvalue weighted by molar-refractivity contribution is 9.10. The van der Waals surface area contributed by atoms with E-state index in [0.29, 0.717) is 5.92 Å². The summed E-state index contributed by atoms with van der Waals surface area (Å²) in [5.74, 6) is 0.386.